The fourth-order valence-corrected chi connectivity index (χ4v) is 3.68. The molecule has 2 N–H and O–H groups in total. The fourth-order valence-electron chi connectivity index (χ4n) is 2.75. The Kier molecular flexibility index (Phi) is 7.56. The lowest BCUT2D eigenvalue weighted by Crippen LogP contribution is -2.47. The van der Waals surface area contributed by atoms with Crippen LogP contribution in [0, 0.1) is 6.92 Å². The van der Waals surface area contributed by atoms with E-state index in [1.165, 1.54) is 16.2 Å². The molecule has 2 heterocycles. The standard InChI is InChI=1S/C15H24N2OS.ClH/c1-12-8-9-14(19-12)6-4-7-15(18)17-10-3-2-5-13(17)11-16;/h8-9,13H,2-7,10-11,16H2,1H3;1H. The third kappa shape index (κ3) is 4.76. The molecule has 1 unspecified atom stereocenters. The highest BCUT2D eigenvalue weighted by atomic mass is 35.5. The van der Waals surface area contributed by atoms with Gasteiger partial charge in [0, 0.05) is 35.3 Å². The number of piperidine rings is 1. The first-order chi connectivity index (χ1) is 9.20. The maximum Gasteiger partial charge on any atom is 0.222 e. The van der Waals surface area contributed by atoms with E-state index in [1.54, 1.807) is 0 Å². The van der Waals surface area contributed by atoms with Crippen LogP contribution in [0.15, 0.2) is 12.1 Å². The van der Waals surface area contributed by atoms with Gasteiger partial charge in [0.15, 0.2) is 0 Å². The van der Waals surface area contributed by atoms with E-state index in [4.69, 9.17) is 5.73 Å². The van der Waals surface area contributed by atoms with E-state index in [1.807, 2.05) is 16.2 Å². The van der Waals surface area contributed by atoms with E-state index in [0.29, 0.717) is 18.9 Å². The zero-order chi connectivity index (χ0) is 13.7. The van der Waals surface area contributed by atoms with Gasteiger partial charge in [0.1, 0.15) is 0 Å². The SMILES string of the molecule is Cc1ccc(CCCC(=O)N2CCCCC2CN)s1.Cl. The second-order valence-electron chi connectivity index (χ2n) is 5.34. The van der Waals surface area contributed by atoms with Crippen molar-refractivity contribution in [3.8, 4) is 0 Å². The number of carbonyl (C=O) groups is 1. The summed E-state index contributed by atoms with van der Waals surface area (Å²) in [6.45, 7) is 3.63. The molecule has 0 aliphatic carbocycles. The van der Waals surface area contributed by atoms with Gasteiger partial charge < -0.3 is 10.6 Å². The number of nitrogens with two attached hydrogens (primary N) is 1. The molecule has 0 aromatic carbocycles. The van der Waals surface area contributed by atoms with Gasteiger partial charge in [-0.15, -0.1) is 23.7 Å². The number of amides is 1. The van der Waals surface area contributed by atoms with Crippen LogP contribution in [0.1, 0.15) is 41.9 Å². The maximum absolute atomic E-state index is 12.2. The first-order valence-electron chi connectivity index (χ1n) is 7.25. The lowest BCUT2D eigenvalue weighted by Gasteiger charge is -2.35. The first-order valence-corrected chi connectivity index (χ1v) is 8.07. The zero-order valence-corrected chi connectivity index (χ0v) is 13.8. The van der Waals surface area contributed by atoms with Gasteiger partial charge in [-0.3, -0.25) is 4.79 Å². The van der Waals surface area contributed by atoms with Crippen LogP contribution in [0.25, 0.3) is 0 Å². The third-order valence-corrected chi connectivity index (χ3v) is 4.89. The number of aryl methyl sites for hydroxylation is 2. The van der Waals surface area contributed by atoms with Gasteiger partial charge in [0.2, 0.25) is 5.91 Å². The van der Waals surface area contributed by atoms with Crippen LogP contribution >= 0.6 is 23.7 Å². The Labute approximate surface area is 131 Å². The average molecular weight is 317 g/mol. The molecule has 5 heteroatoms. The Hall–Kier alpha value is -0.580. The molecule has 1 saturated heterocycles. The molecule has 1 atom stereocenters. The monoisotopic (exact) mass is 316 g/mol. The van der Waals surface area contributed by atoms with E-state index in [2.05, 4.69) is 19.1 Å². The summed E-state index contributed by atoms with van der Waals surface area (Å²) in [5.74, 6) is 0.295. The van der Waals surface area contributed by atoms with E-state index >= 15 is 0 Å². The second kappa shape index (κ2) is 8.65. The van der Waals surface area contributed by atoms with Crippen LogP contribution in [0.4, 0.5) is 0 Å². The molecular weight excluding hydrogens is 292 g/mol. The van der Waals surface area contributed by atoms with Gasteiger partial charge in [0.25, 0.3) is 0 Å². The fraction of sp³-hybridized carbons (Fsp3) is 0.667. The third-order valence-electron chi connectivity index (χ3n) is 3.83. The second-order valence-corrected chi connectivity index (χ2v) is 6.71. The predicted octanol–water partition coefficient (Wildman–Crippen LogP) is 3.14. The molecule has 3 nitrogen and oxygen atoms in total. The summed E-state index contributed by atoms with van der Waals surface area (Å²) in [6, 6.07) is 4.61. The molecule has 1 aromatic heterocycles. The number of hydrogen-bond donors (Lipinski definition) is 1. The molecule has 1 aliphatic rings. The van der Waals surface area contributed by atoms with Crippen molar-refractivity contribution in [3.63, 3.8) is 0 Å². The maximum atomic E-state index is 12.2. The number of likely N-dealkylation sites (tertiary alicyclic amines) is 1. The van der Waals surface area contributed by atoms with Gasteiger partial charge in [-0.1, -0.05) is 0 Å². The summed E-state index contributed by atoms with van der Waals surface area (Å²) in [5.41, 5.74) is 5.76. The van der Waals surface area contributed by atoms with Crippen molar-refractivity contribution < 1.29 is 4.79 Å². The van der Waals surface area contributed by atoms with Gasteiger partial charge in [-0.2, -0.15) is 0 Å². The Balaban J connectivity index is 0.00000200. The van der Waals surface area contributed by atoms with Crippen LogP contribution in [0.3, 0.4) is 0 Å². The Bertz CT molecular complexity index is 422. The highest BCUT2D eigenvalue weighted by Gasteiger charge is 2.24. The van der Waals surface area contributed by atoms with Crippen LogP contribution in [0.5, 0.6) is 0 Å². The molecule has 114 valence electrons. The molecule has 0 radical (unpaired) electrons. The smallest absolute Gasteiger partial charge is 0.222 e. The summed E-state index contributed by atoms with van der Waals surface area (Å²) in [5, 5.41) is 0. The summed E-state index contributed by atoms with van der Waals surface area (Å²) in [7, 11) is 0. The van der Waals surface area contributed by atoms with E-state index in [9.17, 15) is 4.79 Å². The summed E-state index contributed by atoms with van der Waals surface area (Å²) >= 11 is 1.84. The molecule has 1 amide bonds. The van der Waals surface area contributed by atoms with Crippen molar-refractivity contribution in [2.24, 2.45) is 5.73 Å². The van der Waals surface area contributed by atoms with Crippen molar-refractivity contribution in [2.75, 3.05) is 13.1 Å². The molecule has 0 saturated carbocycles. The van der Waals surface area contributed by atoms with Crippen molar-refractivity contribution in [3.05, 3.63) is 21.9 Å². The highest BCUT2D eigenvalue weighted by Crippen LogP contribution is 2.20. The summed E-state index contributed by atoms with van der Waals surface area (Å²) in [4.78, 5) is 17.0. The van der Waals surface area contributed by atoms with Crippen molar-refractivity contribution in [1.82, 2.24) is 4.90 Å². The Morgan fingerprint density at radius 2 is 2.25 bits per heavy atom. The highest BCUT2D eigenvalue weighted by molar-refractivity contribution is 7.11. The minimum absolute atomic E-state index is 0. The molecule has 0 bridgehead atoms. The van der Waals surface area contributed by atoms with Gasteiger partial charge in [-0.05, 0) is 51.2 Å². The number of nitrogens with zero attached hydrogens (tertiary/aromatic N) is 1. The average Bonchev–Trinajstić information content (AvgIpc) is 2.84. The minimum atomic E-state index is 0. The van der Waals surface area contributed by atoms with Crippen molar-refractivity contribution in [1.29, 1.82) is 0 Å². The van der Waals surface area contributed by atoms with E-state index < -0.39 is 0 Å². The van der Waals surface area contributed by atoms with Gasteiger partial charge in [-0.25, -0.2) is 0 Å². The molecule has 20 heavy (non-hydrogen) atoms. The van der Waals surface area contributed by atoms with E-state index in [-0.39, 0.29) is 18.4 Å². The topological polar surface area (TPSA) is 46.3 Å². The largest absolute Gasteiger partial charge is 0.338 e. The number of rotatable bonds is 5. The minimum Gasteiger partial charge on any atom is -0.338 e. The van der Waals surface area contributed by atoms with Crippen LogP contribution in [-0.4, -0.2) is 29.9 Å². The van der Waals surface area contributed by atoms with E-state index in [0.717, 1.165) is 32.2 Å². The Morgan fingerprint density at radius 3 is 2.90 bits per heavy atom. The first kappa shape index (κ1) is 17.5. The van der Waals surface area contributed by atoms with Crippen LogP contribution in [0.2, 0.25) is 0 Å². The lowest BCUT2D eigenvalue weighted by atomic mass is 10.0. The molecule has 0 spiro atoms. The quantitative estimate of drug-likeness (QED) is 0.907. The predicted molar refractivity (Wildman–Crippen MR) is 87.6 cm³/mol. The molecule has 1 fully saturated rings. The molecular formula is C15H25ClN2OS. The lowest BCUT2D eigenvalue weighted by molar-refractivity contribution is -0.134. The molecule has 1 aliphatic heterocycles. The zero-order valence-electron chi connectivity index (χ0n) is 12.1. The summed E-state index contributed by atoms with van der Waals surface area (Å²) < 4.78 is 0. The van der Waals surface area contributed by atoms with Crippen LogP contribution < -0.4 is 5.73 Å². The number of hydrogen-bond acceptors (Lipinski definition) is 3. The van der Waals surface area contributed by atoms with Crippen molar-refractivity contribution >= 4 is 29.7 Å². The normalized spacial score (nSPS) is 18.7. The van der Waals surface area contributed by atoms with Gasteiger partial charge >= 0.3 is 0 Å². The number of thiophene rings is 1. The van der Waals surface area contributed by atoms with Gasteiger partial charge in [0.05, 0.1) is 0 Å². The van der Waals surface area contributed by atoms with Crippen LogP contribution in [-0.2, 0) is 11.2 Å². The number of halogens is 1. The molecule has 1 aromatic rings. The summed E-state index contributed by atoms with van der Waals surface area (Å²) in [6.07, 6.45) is 6.05. The molecule has 2 rings (SSSR count). The number of carbonyl (C=O) groups excluding carboxylic acids is 1. The van der Waals surface area contributed by atoms with Crippen molar-refractivity contribution in [2.45, 2.75) is 51.5 Å². The Morgan fingerprint density at radius 1 is 1.45 bits per heavy atom.